The molecule has 1 aliphatic heterocycles. The van der Waals surface area contributed by atoms with Crippen molar-refractivity contribution >= 4 is 5.91 Å². The van der Waals surface area contributed by atoms with Crippen molar-refractivity contribution in [1.82, 2.24) is 10.2 Å². The third kappa shape index (κ3) is 3.95. The average molecular weight is 256 g/mol. The largest absolute Gasteiger partial charge is 0.380 e. The maximum atomic E-state index is 12.4. The number of carbonyl (C=O) groups excluding carboxylic acids is 1. The number of carbonyl (C=O) groups is 1. The van der Waals surface area contributed by atoms with Crippen LogP contribution in [0.4, 0.5) is 0 Å². The minimum absolute atomic E-state index is 0.0190. The summed E-state index contributed by atoms with van der Waals surface area (Å²) in [4.78, 5) is 14.3. The van der Waals surface area contributed by atoms with E-state index >= 15 is 0 Å². The van der Waals surface area contributed by atoms with Crippen LogP contribution in [0.2, 0.25) is 0 Å². The molecule has 3 atom stereocenters. The highest BCUT2D eigenvalue weighted by Gasteiger charge is 2.38. The molecule has 1 aliphatic rings. The summed E-state index contributed by atoms with van der Waals surface area (Å²) in [6.45, 7) is 7.02. The van der Waals surface area contributed by atoms with Gasteiger partial charge in [0.15, 0.2) is 0 Å². The molecule has 4 heteroatoms. The van der Waals surface area contributed by atoms with Crippen molar-refractivity contribution in [2.75, 3.05) is 13.7 Å². The lowest BCUT2D eigenvalue weighted by molar-refractivity contribution is -0.131. The number of amides is 1. The Balaban J connectivity index is 2.61. The number of rotatable bonds is 8. The predicted octanol–water partition coefficient (Wildman–Crippen LogP) is 2.14. The highest BCUT2D eigenvalue weighted by Crippen LogP contribution is 2.19. The molecule has 0 radical (unpaired) electrons. The zero-order valence-electron chi connectivity index (χ0n) is 12.2. The van der Waals surface area contributed by atoms with Gasteiger partial charge >= 0.3 is 0 Å². The lowest BCUT2D eigenvalue weighted by Gasteiger charge is -2.26. The zero-order valence-corrected chi connectivity index (χ0v) is 12.2. The molecule has 0 aromatic rings. The number of nitrogens with one attached hydrogen (secondary N) is 1. The molecule has 1 fully saturated rings. The first-order valence-electron chi connectivity index (χ1n) is 7.23. The SMILES string of the molecule is CCCCC1NC(CCC)N(CC(C)OC)C1=O. The van der Waals surface area contributed by atoms with Gasteiger partial charge in [-0.25, -0.2) is 0 Å². The smallest absolute Gasteiger partial charge is 0.241 e. The molecular formula is C14H28N2O2. The predicted molar refractivity (Wildman–Crippen MR) is 73.3 cm³/mol. The molecule has 1 saturated heterocycles. The molecule has 0 bridgehead atoms. The minimum atomic E-state index is 0.0190. The van der Waals surface area contributed by atoms with Crippen molar-refractivity contribution in [3.8, 4) is 0 Å². The number of methoxy groups -OCH3 is 1. The van der Waals surface area contributed by atoms with Crippen LogP contribution < -0.4 is 5.32 Å². The number of unbranched alkanes of at least 4 members (excludes halogenated alkanes) is 1. The Morgan fingerprint density at radius 1 is 1.33 bits per heavy atom. The van der Waals surface area contributed by atoms with Gasteiger partial charge in [-0.05, 0) is 19.8 Å². The first-order valence-corrected chi connectivity index (χ1v) is 7.23. The fourth-order valence-corrected chi connectivity index (χ4v) is 2.44. The second-order valence-corrected chi connectivity index (χ2v) is 5.20. The van der Waals surface area contributed by atoms with Crippen molar-refractivity contribution in [1.29, 1.82) is 0 Å². The molecule has 3 unspecified atom stereocenters. The van der Waals surface area contributed by atoms with Gasteiger partial charge in [-0.1, -0.05) is 33.1 Å². The topological polar surface area (TPSA) is 41.6 Å². The minimum Gasteiger partial charge on any atom is -0.380 e. The molecule has 1 N–H and O–H groups in total. The second kappa shape index (κ2) is 7.74. The second-order valence-electron chi connectivity index (χ2n) is 5.20. The summed E-state index contributed by atoms with van der Waals surface area (Å²) in [6, 6.07) is 0.0190. The third-order valence-electron chi connectivity index (χ3n) is 3.62. The van der Waals surface area contributed by atoms with Crippen LogP contribution in [0.3, 0.4) is 0 Å². The molecule has 18 heavy (non-hydrogen) atoms. The summed E-state index contributed by atoms with van der Waals surface area (Å²) >= 11 is 0. The van der Waals surface area contributed by atoms with Crippen LogP contribution in [-0.2, 0) is 9.53 Å². The first-order chi connectivity index (χ1) is 8.63. The van der Waals surface area contributed by atoms with Crippen LogP contribution in [0.15, 0.2) is 0 Å². The van der Waals surface area contributed by atoms with E-state index in [2.05, 4.69) is 19.2 Å². The molecule has 1 rings (SSSR count). The molecular weight excluding hydrogens is 228 g/mol. The van der Waals surface area contributed by atoms with E-state index < -0.39 is 0 Å². The lowest BCUT2D eigenvalue weighted by atomic mass is 10.1. The van der Waals surface area contributed by atoms with Gasteiger partial charge in [-0.3, -0.25) is 10.1 Å². The molecule has 0 aliphatic carbocycles. The normalized spacial score (nSPS) is 25.8. The van der Waals surface area contributed by atoms with Crippen LogP contribution in [-0.4, -0.2) is 42.8 Å². The van der Waals surface area contributed by atoms with Gasteiger partial charge < -0.3 is 9.64 Å². The van der Waals surface area contributed by atoms with E-state index in [1.165, 1.54) is 0 Å². The summed E-state index contributed by atoms with van der Waals surface area (Å²) in [5.41, 5.74) is 0. The monoisotopic (exact) mass is 256 g/mol. The van der Waals surface area contributed by atoms with E-state index in [4.69, 9.17) is 4.74 Å². The summed E-state index contributed by atoms with van der Waals surface area (Å²) in [7, 11) is 1.70. The number of ether oxygens (including phenoxy) is 1. The fraction of sp³-hybridized carbons (Fsp3) is 0.929. The summed E-state index contributed by atoms with van der Waals surface area (Å²) < 4.78 is 5.28. The van der Waals surface area contributed by atoms with Crippen molar-refractivity contribution < 1.29 is 9.53 Å². The van der Waals surface area contributed by atoms with E-state index in [0.717, 1.165) is 32.1 Å². The molecule has 1 amide bonds. The van der Waals surface area contributed by atoms with Gasteiger partial charge in [0.1, 0.15) is 0 Å². The Morgan fingerprint density at radius 3 is 2.61 bits per heavy atom. The summed E-state index contributed by atoms with van der Waals surface area (Å²) in [6.07, 6.45) is 5.59. The number of hydrogen-bond acceptors (Lipinski definition) is 3. The van der Waals surface area contributed by atoms with Gasteiger partial charge in [0.05, 0.1) is 18.3 Å². The molecule has 0 spiro atoms. The van der Waals surface area contributed by atoms with Crippen LogP contribution in [0.1, 0.15) is 52.9 Å². The van der Waals surface area contributed by atoms with E-state index in [9.17, 15) is 4.79 Å². The third-order valence-corrected chi connectivity index (χ3v) is 3.62. The van der Waals surface area contributed by atoms with Crippen molar-refractivity contribution in [3.63, 3.8) is 0 Å². The van der Waals surface area contributed by atoms with Gasteiger partial charge in [-0.2, -0.15) is 0 Å². The molecule has 0 aromatic carbocycles. The zero-order chi connectivity index (χ0) is 13.5. The van der Waals surface area contributed by atoms with E-state index in [-0.39, 0.29) is 24.2 Å². The quantitative estimate of drug-likeness (QED) is 0.723. The van der Waals surface area contributed by atoms with Crippen LogP contribution in [0, 0.1) is 0 Å². The maximum absolute atomic E-state index is 12.4. The average Bonchev–Trinajstić information content (AvgIpc) is 2.65. The summed E-state index contributed by atoms with van der Waals surface area (Å²) in [5.74, 6) is 0.255. The van der Waals surface area contributed by atoms with Crippen molar-refractivity contribution in [2.24, 2.45) is 0 Å². The van der Waals surface area contributed by atoms with E-state index in [0.29, 0.717) is 6.54 Å². The molecule has 0 aromatic heterocycles. The molecule has 0 saturated carbocycles. The van der Waals surface area contributed by atoms with E-state index in [1.807, 2.05) is 11.8 Å². The summed E-state index contributed by atoms with van der Waals surface area (Å²) in [5, 5.41) is 3.48. The number of hydrogen-bond donors (Lipinski definition) is 1. The molecule has 106 valence electrons. The lowest BCUT2D eigenvalue weighted by Crippen LogP contribution is -2.41. The first kappa shape index (κ1) is 15.4. The maximum Gasteiger partial charge on any atom is 0.241 e. The highest BCUT2D eigenvalue weighted by molar-refractivity contribution is 5.84. The van der Waals surface area contributed by atoms with Gasteiger partial charge in [0.2, 0.25) is 5.91 Å². The molecule has 1 heterocycles. The van der Waals surface area contributed by atoms with Crippen LogP contribution in [0.25, 0.3) is 0 Å². The van der Waals surface area contributed by atoms with Gasteiger partial charge in [0, 0.05) is 13.7 Å². The van der Waals surface area contributed by atoms with Crippen LogP contribution in [0.5, 0.6) is 0 Å². The van der Waals surface area contributed by atoms with Crippen molar-refractivity contribution in [2.45, 2.75) is 71.2 Å². The fourth-order valence-electron chi connectivity index (χ4n) is 2.44. The molecule has 4 nitrogen and oxygen atoms in total. The Hall–Kier alpha value is -0.610. The van der Waals surface area contributed by atoms with Crippen molar-refractivity contribution in [3.05, 3.63) is 0 Å². The Morgan fingerprint density at radius 2 is 2.06 bits per heavy atom. The van der Waals surface area contributed by atoms with Gasteiger partial charge in [-0.15, -0.1) is 0 Å². The van der Waals surface area contributed by atoms with Crippen LogP contribution >= 0.6 is 0 Å². The van der Waals surface area contributed by atoms with E-state index in [1.54, 1.807) is 7.11 Å². The Labute approximate surface area is 111 Å². The Kier molecular flexibility index (Phi) is 6.65. The highest BCUT2D eigenvalue weighted by atomic mass is 16.5. The van der Waals surface area contributed by atoms with Gasteiger partial charge in [0.25, 0.3) is 0 Å². The number of nitrogens with zero attached hydrogens (tertiary/aromatic N) is 1. The standard InChI is InChI=1S/C14H28N2O2/c1-5-7-9-12-14(17)16(10-11(3)18-4)13(15-12)8-6-2/h11-13,15H,5-10H2,1-4H3. The Bertz CT molecular complexity index is 258.